The Bertz CT molecular complexity index is 507. The number of benzene rings is 1. The summed E-state index contributed by atoms with van der Waals surface area (Å²) in [7, 11) is 0. The van der Waals surface area contributed by atoms with E-state index in [4.69, 9.17) is 0 Å². The molecule has 0 fully saturated rings. The van der Waals surface area contributed by atoms with Crippen LogP contribution in [0.4, 0.5) is 10.5 Å². The van der Waals surface area contributed by atoms with E-state index in [-0.39, 0.29) is 12.1 Å². The zero-order chi connectivity index (χ0) is 16.2. The fourth-order valence-corrected chi connectivity index (χ4v) is 1.63. The number of urea groups is 1. The van der Waals surface area contributed by atoms with Gasteiger partial charge in [-0.2, -0.15) is 0 Å². The number of anilines is 1. The Morgan fingerprint density at radius 3 is 2.05 bits per heavy atom. The first-order chi connectivity index (χ1) is 9.64. The van der Waals surface area contributed by atoms with Crippen LogP contribution in [0.5, 0.6) is 0 Å². The number of carbonyl (C=O) groups excluding carboxylic acids is 1. The van der Waals surface area contributed by atoms with Gasteiger partial charge in [0.15, 0.2) is 0 Å². The highest BCUT2D eigenvalue weighted by Gasteiger charge is 2.29. The summed E-state index contributed by atoms with van der Waals surface area (Å²) in [6, 6.07) is 6.67. The van der Waals surface area contributed by atoms with E-state index in [0.29, 0.717) is 17.2 Å². The van der Waals surface area contributed by atoms with Crippen LogP contribution in [0.2, 0.25) is 0 Å². The molecule has 2 amide bonds. The molecule has 3 N–H and O–H groups in total. The van der Waals surface area contributed by atoms with E-state index in [1.807, 2.05) is 20.8 Å². The Kier molecular flexibility index (Phi) is 5.35. The fourth-order valence-electron chi connectivity index (χ4n) is 1.63. The Balaban J connectivity index is 2.71. The molecule has 0 saturated heterocycles. The van der Waals surface area contributed by atoms with E-state index >= 15 is 0 Å². The van der Waals surface area contributed by atoms with Crippen LogP contribution in [0.15, 0.2) is 24.3 Å². The van der Waals surface area contributed by atoms with Gasteiger partial charge in [-0.3, -0.25) is 4.79 Å². The first-order valence-corrected chi connectivity index (χ1v) is 7.06. The molecule has 0 aliphatic heterocycles. The summed E-state index contributed by atoms with van der Waals surface area (Å²) in [5, 5.41) is 14.8. The second kappa shape index (κ2) is 6.61. The van der Waals surface area contributed by atoms with E-state index in [0.717, 1.165) is 0 Å². The molecule has 0 aromatic heterocycles. The number of hydrogen-bond donors (Lipinski definition) is 3. The molecule has 1 aromatic rings. The summed E-state index contributed by atoms with van der Waals surface area (Å²) in [5.74, 6) is -0.527. The number of nitrogens with one attached hydrogen (secondary N) is 2. The van der Waals surface area contributed by atoms with Crippen molar-refractivity contribution in [3.05, 3.63) is 29.8 Å². The van der Waals surface area contributed by atoms with Gasteiger partial charge in [0.1, 0.15) is 0 Å². The van der Waals surface area contributed by atoms with Crippen LogP contribution >= 0.6 is 0 Å². The van der Waals surface area contributed by atoms with Crippen LogP contribution in [0.3, 0.4) is 0 Å². The van der Waals surface area contributed by atoms with Crippen LogP contribution in [0, 0.1) is 5.92 Å². The SMILES string of the molecule is CC(C)C(C)NC(=O)Nc1ccc(C(C)(C)C(=O)O)cc1. The Hall–Kier alpha value is -2.04. The van der Waals surface area contributed by atoms with E-state index in [1.165, 1.54) is 0 Å². The van der Waals surface area contributed by atoms with Crippen molar-refractivity contribution >= 4 is 17.7 Å². The quantitative estimate of drug-likeness (QED) is 0.779. The number of carboxylic acids is 1. The van der Waals surface area contributed by atoms with Gasteiger partial charge < -0.3 is 15.7 Å². The van der Waals surface area contributed by atoms with Gasteiger partial charge in [-0.1, -0.05) is 26.0 Å². The maximum Gasteiger partial charge on any atom is 0.319 e. The van der Waals surface area contributed by atoms with Crippen molar-refractivity contribution in [3.63, 3.8) is 0 Å². The lowest BCUT2D eigenvalue weighted by atomic mass is 9.85. The molecule has 0 aliphatic carbocycles. The summed E-state index contributed by atoms with van der Waals surface area (Å²) in [6.07, 6.45) is 0. The molecule has 1 atom stereocenters. The van der Waals surface area contributed by atoms with Crippen molar-refractivity contribution in [2.45, 2.75) is 46.1 Å². The second-order valence-electron chi connectivity index (χ2n) is 6.14. The molecule has 0 aliphatic rings. The van der Waals surface area contributed by atoms with Gasteiger partial charge in [-0.05, 0) is 44.4 Å². The van der Waals surface area contributed by atoms with Gasteiger partial charge in [0.05, 0.1) is 5.41 Å². The molecule has 0 bridgehead atoms. The molecule has 0 radical (unpaired) electrons. The summed E-state index contributed by atoms with van der Waals surface area (Å²) >= 11 is 0. The Labute approximate surface area is 125 Å². The molecule has 1 aromatic carbocycles. The highest BCUT2D eigenvalue weighted by Crippen LogP contribution is 2.24. The third-order valence-corrected chi connectivity index (χ3v) is 3.76. The van der Waals surface area contributed by atoms with Crippen molar-refractivity contribution in [1.29, 1.82) is 0 Å². The number of hydrogen-bond acceptors (Lipinski definition) is 2. The average molecular weight is 292 g/mol. The predicted molar refractivity (Wildman–Crippen MR) is 83.6 cm³/mol. The van der Waals surface area contributed by atoms with Crippen LogP contribution in [-0.4, -0.2) is 23.1 Å². The Morgan fingerprint density at radius 1 is 1.10 bits per heavy atom. The number of aliphatic carboxylic acids is 1. The molecule has 5 nitrogen and oxygen atoms in total. The van der Waals surface area contributed by atoms with Crippen LogP contribution in [-0.2, 0) is 10.2 Å². The highest BCUT2D eigenvalue weighted by molar-refractivity contribution is 5.89. The van der Waals surface area contributed by atoms with Gasteiger partial charge in [0, 0.05) is 11.7 Å². The number of carboxylic acid groups (broad SMARTS) is 1. The van der Waals surface area contributed by atoms with Crippen molar-refractivity contribution in [3.8, 4) is 0 Å². The molecular formula is C16H24N2O3. The van der Waals surface area contributed by atoms with E-state index < -0.39 is 11.4 Å². The van der Waals surface area contributed by atoms with Gasteiger partial charge >= 0.3 is 12.0 Å². The second-order valence-corrected chi connectivity index (χ2v) is 6.14. The van der Waals surface area contributed by atoms with Gasteiger partial charge in [0.2, 0.25) is 0 Å². The molecule has 116 valence electrons. The maximum atomic E-state index is 11.8. The third-order valence-electron chi connectivity index (χ3n) is 3.76. The minimum atomic E-state index is -0.951. The molecule has 1 unspecified atom stereocenters. The highest BCUT2D eigenvalue weighted by atomic mass is 16.4. The van der Waals surface area contributed by atoms with Gasteiger partial charge in [-0.25, -0.2) is 4.79 Å². The predicted octanol–water partition coefficient (Wildman–Crippen LogP) is 3.21. The Morgan fingerprint density at radius 2 is 1.62 bits per heavy atom. The summed E-state index contributed by atoms with van der Waals surface area (Å²) in [4.78, 5) is 23.0. The van der Waals surface area contributed by atoms with Crippen LogP contribution in [0.25, 0.3) is 0 Å². The summed E-state index contributed by atoms with van der Waals surface area (Å²) in [5.41, 5.74) is 0.373. The lowest BCUT2D eigenvalue weighted by molar-refractivity contribution is -0.142. The lowest BCUT2D eigenvalue weighted by Crippen LogP contribution is -2.39. The third kappa shape index (κ3) is 4.48. The van der Waals surface area contributed by atoms with Crippen molar-refractivity contribution in [1.82, 2.24) is 5.32 Å². The standard InChI is InChI=1S/C16H24N2O3/c1-10(2)11(3)17-15(21)18-13-8-6-12(7-9-13)16(4,5)14(19)20/h6-11H,1-5H3,(H,19,20)(H2,17,18,21). The van der Waals surface area contributed by atoms with Gasteiger partial charge in [0.25, 0.3) is 0 Å². The zero-order valence-electron chi connectivity index (χ0n) is 13.2. The average Bonchev–Trinajstić information content (AvgIpc) is 2.38. The topological polar surface area (TPSA) is 78.4 Å². The molecule has 5 heteroatoms. The monoisotopic (exact) mass is 292 g/mol. The first kappa shape index (κ1) is 17.0. The van der Waals surface area contributed by atoms with Crippen LogP contribution < -0.4 is 10.6 Å². The van der Waals surface area contributed by atoms with E-state index in [9.17, 15) is 14.7 Å². The smallest absolute Gasteiger partial charge is 0.319 e. The van der Waals surface area contributed by atoms with E-state index in [1.54, 1.807) is 38.1 Å². The fraction of sp³-hybridized carbons (Fsp3) is 0.500. The summed E-state index contributed by atoms with van der Waals surface area (Å²) in [6.45, 7) is 9.31. The normalized spacial score (nSPS) is 12.9. The first-order valence-electron chi connectivity index (χ1n) is 7.06. The van der Waals surface area contributed by atoms with E-state index in [2.05, 4.69) is 10.6 Å². The molecule has 21 heavy (non-hydrogen) atoms. The number of rotatable bonds is 5. The molecule has 0 spiro atoms. The van der Waals surface area contributed by atoms with Crippen LogP contribution in [0.1, 0.15) is 40.2 Å². The summed E-state index contributed by atoms with van der Waals surface area (Å²) < 4.78 is 0. The maximum absolute atomic E-state index is 11.8. The van der Waals surface area contributed by atoms with Crippen molar-refractivity contribution in [2.75, 3.05) is 5.32 Å². The lowest BCUT2D eigenvalue weighted by Gasteiger charge is -2.20. The molecule has 1 rings (SSSR count). The van der Waals surface area contributed by atoms with Crippen molar-refractivity contribution in [2.24, 2.45) is 5.92 Å². The molecule has 0 heterocycles. The molecular weight excluding hydrogens is 268 g/mol. The molecule has 0 saturated carbocycles. The number of carbonyl (C=O) groups is 2. The number of amides is 2. The van der Waals surface area contributed by atoms with Gasteiger partial charge in [-0.15, -0.1) is 0 Å². The largest absolute Gasteiger partial charge is 0.481 e. The minimum Gasteiger partial charge on any atom is -0.481 e. The minimum absolute atomic E-state index is 0.0789. The van der Waals surface area contributed by atoms with Crippen molar-refractivity contribution < 1.29 is 14.7 Å². The zero-order valence-corrected chi connectivity index (χ0v) is 13.2.